The first-order chi connectivity index (χ1) is 23.0. The van der Waals surface area contributed by atoms with Crippen molar-refractivity contribution in [2.45, 2.75) is 63.0 Å². The molecule has 0 aliphatic carbocycles. The number of hydrogen-bond donors (Lipinski definition) is 4. The van der Waals surface area contributed by atoms with Crippen LogP contribution in [0.1, 0.15) is 50.1 Å². The number of rotatable bonds is 12. The van der Waals surface area contributed by atoms with Gasteiger partial charge in [0, 0.05) is 0 Å². The quantitative estimate of drug-likeness (QED) is 0.148. The van der Waals surface area contributed by atoms with E-state index in [2.05, 4.69) is 91.0 Å². The number of aliphatic hydroxyl groups is 4. The zero-order chi connectivity index (χ0) is 32.6. The fraction of sp³-hybridized carbons (Fsp3) is 0.268. The minimum Gasteiger partial charge on any atom is -0.394 e. The van der Waals surface area contributed by atoms with E-state index in [-0.39, 0.29) is 6.61 Å². The highest BCUT2D eigenvalue weighted by atomic mass is 16.7. The molecule has 0 saturated carbocycles. The van der Waals surface area contributed by atoms with Gasteiger partial charge in [0.2, 0.25) is 0 Å². The van der Waals surface area contributed by atoms with Crippen LogP contribution < -0.4 is 0 Å². The van der Waals surface area contributed by atoms with Crippen LogP contribution in [0.15, 0.2) is 127 Å². The van der Waals surface area contributed by atoms with Crippen LogP contribution in [0.25, 0.3) is 0 Å². The summed E-state index contributed by atoms with van der Waals surface area (Å²) in [6.45, 7) is -0.418. The summed E-state index contributed by atoms with van der Waals surface area (Å²) in [5.74, 6) is 0. The molecular formula is C41H42O6. The summed E-state index contributed by atoms with van der Waals surface area (Å²) >= 11 is 0. The van der Waals surface area contributed by atoms with Crippen molar-refractivity contribution >= 4 is 0 Å². The maximum atomic E-state index is 10.8. The number of hydrogen-bond acceptors (Lipinski definition) is 6. The summed E-state index contributed by atoms with van der Waals surface area (Å²) in [5, 5.41) is 41.4. The van der Waals surface area contributed by atoms with Crippen molar-refractivity contribution in [2.24, 2.45) is 0 Å². The summed E-state index contributed by atoms with van der Waals surface area (Å²) in [5.41, 5.74) is 10.5. The van der Waals surface area contributed by atoms with Crippen molar-refractivity contribution < 1.29 is 29.9 Å². The van der Waals surface area contributed by atoms with E-state index in [9.17, 15) is 20.4 Å². The summed E-state index contributed by atoms with van der Waals surface area (Å²) in [4.78, 5) is 0. The minimum absolute atomic E-state index is 0.0976. The third-order valence-electron chi connectivity index (χ3n) is 9.01. The highest BCUT2D eigenvalue weighted by Gasteiger charge is 2.44. The molecule has 1 saturated heterocycles. The van der Waals surface area contributed by atoms with E-state index in [0.29, 0.717) is 12.8 Å². The van der Waals surface area contributed by atoms with Crippen molar-refractivity contribution in [1.29, 1.82) is 0 Å². The van der Waals surface area contributed by atoms with E-state index in [4.69, 9.17) is 9.47 Å². The summed E-state index contributed by atoms with van der Waals surface area (Å²) in [7, 11) is 0. The highest BCUT2D eigenvalue weighted by Crippen LogP contribution is 2.33. The highest BCUT2D eigenvalue weighted by molar-refractivity contribution is 5.52. The van der Waals surface area contributed by atoms with Crippen LogP contribution in [-0.4, -0.2) is 57.7 Å². The molecule has 6 nitrogen and oxygen atoms in total. The Balaban J connectivity index is 1.50. The molecule has 47 heavy (non-hydrogen) atoms. The maximum Gasteiger partial charge on any atom is 0.187 e. The van der Waals surface area contributed by atoms with E-state index >= 15 is 0 Å². The number of ether oxygens (including phenoxy) is 2. The molecule has 1 aliphatic heterocycles. The van der Waals surface area contributed by atoms with Crippen molar-refractivity contribution in [1.82, 2.24) is 0 Å². The van der Waals surface area contributed by atoms with Crippen LogP contribution >= 0.6 is 0 Å². The molecule has 1 heterocycles. The maximum absolute atomic E-state index is 10.8. The van der Waals surface area contributed by atoms with E-state index in [1.165, 1.54) is 27.8 Å². The number of benzene rings is 5. The lowest BCUT2D eigenvalue weighted by molar-refractivity contribution is -0.304. The monoisotopic (exact) mass is 630 g/mol. The second-order valence-corrected chi connectivity index (χ2v) is 12.3. The smallest absolute Gasteiger partial charge is 0.187 e. The van der Waals surface area contributed by atoms with Crippen LogP contribution in [0.4, 0.5) is 0 Å². The fourth-order valence-corrected chi connectivity index (χ4v) is 6.49. The van der Waals surface area contributed by atoms with Crippen molar-refractivity contribution in [3.63, 3.8) is 0 Å². The molecule has 0 amide bonds. The van der Waals surface area contributed by atoms with Gasteiger partial charge in [-0.05, 0) is 75.8 Å². The van der Waals surface area contributed by atoms with Crippen molar-refractivity contribution in [2.75, 3.05) is 6.61 Å². The predicted octanol–water partition coefficient (Wildman–Crippen LogP) is 5.37. The largest absolute Gasteiger partial charge is 0.394 e. The predicted molar refractivity (Wildman–Crippen MR) is 182 cm³/mol. The normalized spacial score (nSPS) is 21.1. The van der Waals surface area contributed by atoms with Crippen LogP contribution in [0.5, 0.6) is 0 Å². The van der Waals surface area contributed by atoms with Gasteiger partial charge in [-0.15, -0.1) is 0 Å². The Labute approximate surface area is 276 Å². The average Bonchev–Trinajstić information content (AvgIpc) is 3.11. The molecule has 0 unspecified atom stereocenters. The molecule has 0 bridgehead atoms. The van der Waals surface area contributed by atoms with Gasteiger partial charge in [-0.1, -0.05) is 127 Å². The van der Waals surface area contributed by atoms with Gasteiger partial charge >= 0.3 is 0 Å². The number of aliphatic hydroxyl groups excluding tert-OH is 4. The molecule has 0 aromatic heterocycles. The third-order valence-corrected chi connectivity index (χ3v) is 9.01. The van der Waals surface area contributed by atoms with E-state index in [0.717, 1.165) is 35.1 Å². The van der Waals surface area contributed by atoms with Gasteiger partial charge in [0.15, 0.2) is 6.29 Å². The average molecular weight is 631 g/mol. The lowest BCUT2D eigenvalue weighted by Crippen LogP contribution is -2.59. The Morgan fingerprint density at radius 2 is 0.915 bits per heavy atom. The van der Waals surface area contributed by atoms with Gasteiger partial charge in [0.1, 0.15) is 24.4 Å². The first-order valence-corrected chi connectivity index (χ1v) is 16.2. The first kappa shape index (κ1) is 32.8. The van der Waals surface area contributed by atoms with E-state index in [1.807, 2.05) is 36.4 Å². The van der Waals surface area contributed by atoms with Gasteiger partial charge in [0.05, 0.1) is 13.2 Å². The van der Waals surface area contributed by atoms with Crippen LogP contribution in [0.2, 0.25) is 0 Å². The zero-order valence-corrected chi connectivity index (χ0v) is 26.4. The molecule has 5 atom stereocenters. The summed E-state index contributed by atoms with van der Waals surface area (Å²) < 4.78 is 12.1. The lowest BCUT2D eigenvalue weighted by Gasteiger charge is -2.39. The Kier molecular flexibility index (Phi) is 10.9. The third kappa shape index (κ3) is 8.06. The molecule has 242 valence electrons. The molecule has 5 aromatic rings. The summed E-state index contributed by atoms with van der Waals surface area (Å²) in [6.07, 6.45) is -3.90. The Hall–Kier alpha value is -4.14. The fourth-order valence-electron chi connectivity index (χ4n) is 6.49. The Morgan fingerprint density at radius 1 is 0.489 bits per heavy atom. The minimum atomic E-state index is -1.51. The van der Waals surface area contributed by atoms with Crippen molar-refractivity contribution in [3.05, 3.63) is 177 Å². The second-order valence-electron chi connectivity index (χ2n) is 12.3. The SMILES string of the molecule is OC[C@H]1O[C@H](OCc2c(Cc3ccccc3)cc(Cc3ccccc3)c(Cc3ccccc3)c2Cc2ccccc2)[C@H](O)[C@@H](O)[C@H]1O. The van der Waals surface area contributed by atoms with Crippen molar-refractivity contribution in [3.8, 4) is 0 Å². The second kappa shape index (κ2) is 15.6. The first-order valence-electron chi connectivity index (χ1n) is 16.2. The molecule has 4 N–H and O–H groups in total. The van der Waals surface area contributed by atoms with Gasteiger partial charge in [0.25, 0.3) is 0 Å². The Bertz CT molecular complexity index is 1690. The lowest BCUT2D eigenvalue weighted by atomic mass is 9.82. The van der Waals surface area contributed by atoms with Gasteiger partial charge in [-0.3, -0.25) is 0 Å². The van der Waals surface area contributed by atoms with E-state index < -0.39 is 37.3 Å². The molecule has 1 fully saturated rings. The molecule has 1 aliphatic rings. The topological polar surface area (TPSA) is 99.4 Å². The molecule has 0 spiro atoms. The standard InChI is InChI=1S/C41H42O6/c42-26-37-38(43)39(44)40(45)41(47-37)46-27-36-33(22-29-15-7-2-8-16-29)25-32(21-28-13-5-1-6-14-28)34(23-30-17-9-3-10-18-30)35(36)24-31-19-11-4-12-20-31/h1-20,25,37-45H,21-24,26-27H2/t37-,38+,39+,40-,41+/m1/s1. The van der Waals surface area contributed by atoms with Gasteiger partial charge in [-0.25, -0.2) is 0 Å². The Morgan fingerprint density at radius 3 is 1.38 bits per heavy atom. The van der Waals surface area contributed by atoms with Gasteiger partial charge < -0.3 is 29.9 Å². The molecular weight excluding hydrogens is 588 g/mol. The van der Waals surface area contributed by atoms with Crippen LogP contribution in [0, 0.1) is 0 Å². The zero-order valence-electron chi connectivity index (χ0n) is 26.4. The molecule has 6 rings (SSSR count). The van der Waals surface area contributed by atoms with Gasteiger partial charge in [-0.2, -0.15) is 0 Å². The molecule has 5 aromatic carbocycles. The van der Waals surface area contributed by atoms with Crippen LogP contribution in [-0.2, 0) is 41.8 Å². The molecule has 6 heteroatoms. The van der Waals surface area contributed by atoms with Crippen LogP contribution in [0.3, 0.4) is 0 Å². The van der Waals surface area contributed by atoms with E-state index in [1.54, 1.807) is 0 Å². The molecule has 0 radical (unpaired) electrons. The summed E-state index contributed by atoms with van der Waals surface area (Å²) in [6, 6.07) is 44.0.